The summed E-state index contributed by atoms with van der Waals surface area (Å²) in [6.07, 6.45) is 2.53. The highest BCUT2D eigenvalue weighted by Gasteiger charge is 2.28. The van der Waals surface area contributed by atoms with Gasteiger partial charge < -0.3 is 0 Å². The van der Waals surface area contributed by atoms with Gasteiger partial charge in [-0.25, -0.2) is 4.39 Å². The van der Waals surface area contributed by atoms with Gasteiger partial charge in [-0.1, -0.05) is 42.8 Å². The second-order valence-electron chi connectivity index (χ2n) is 6.65. The van der Waals surface area contributed by atoms with Crippen LogP contribution in [-0.4, -0.2) is 18.0 Å². The summed E-state index contributed by atoms with van der Waals surface area (Å²) in [5.41, 5.74) is 1.60. The van der Waals surface area contributed by atoms with Gasteiger partial charge in [0.1, 0.15) is 5.82 Å². The molecule has 0 unspecified atom stereocenters. The molecule has 1 aromatic rings. The second-order valence-corrected chi connectivity index (χ2v) is 7.51. The highest BCUT2D eigenvalue weighted by Crippen LogP contribution is 2.34. The first-order chi connectivity index (χ1) is 8.86. The molecule has 0 spiro atoms. The maximum Gasteiger partial charge on any atom is 0.124 e. The van der Waals surface area contributed by atoms with E-state index in [1.807, 2.05) is 6.07 Å². The zero-order chi connectivity index (χ0) is 14.0. The van der Waals surface area contributed by atoms with Gasteiger partial charge in [0.2, 0.25) is 0 Å². The standard InChI is InChI=1S/C16H23BrFN/c1-16(2,3)13-6-8-19(9-7-13)11-12-4-5-14(18)10-15(12)17/h4-5,10,13H,6-9,11H2,1-3H3. The number of rotatable bonds is 2. The second kappa shape index (κ2) is 5.92. The van der Waals surface area contributed by atoms with E-state index in [4.69, 9.17) is 0 Å². The molecule has 0 atom stereocenters. The predicted octanol–water partition coefficient (Wildman–Crippen LogP) is 4.85. The van der Waals surface area contributed by atoms with E-state index < -0.39 is 0 Å². The zero-order valence-electron chi connectivity index (χ0n) is 12.0. The number of nitrogens with zero attached hydrogens (tertiary/aromatic N) is 1. The number of halogens is 2. The first-order valence-corrected chi connectivity index (χ1v) is 7.82. The van der Waals surface area contributed by atoms with Gasteiger partial charge in [0, 0.05) is 11.0 Å². The van der Waals surface area contributed by atoms with Crippen molar-refractivity contribution in [3.8, 4) is 0 Å². The molecule has 0 amide bonds. The van der Waals surface area contributed by atoms with Gasteiger partial charge >= 0.3 is 0 Å². The van der Waals surface area contributed by atoms with Crippen molar-refractivity contribution < 1.29 is 4.39 Å². The molecule has 1 aromatic carbocycles. The van der Waals surface area contributed by atoms with Crippen LogP contribution in [0, 0.1) is 17.2 Å². The van der Waals surface area contributed by atoms with Crippen LogP contribution in [0.2, 0.25) is 0 Å². The van der Waals surface area contributed by atoms with Crippen LogP contribution in [0.25, 0.3) is 0 Å². The van der Waals surface area contributed by atoms with Gasteiger partial charge in [-0.3, -0.25) is 4.90 Å². The fourth-order valence-corrected chi connectivity index (χ4v) is 3.32. The van der Waals surface area contributed by atoms with Crippen LogP contribution in [0.3, 0.4) is 0 Å². The minimum atomic E-state index is -0.179. The molecule has 1 aliphatic heterocycles. The highest BCUT2D eigenvalue weighted by molar-refractivity contribution is 9.10. The summed E-state index contributed by atoms with van der Waals surface area (Å²) in [4.78, 5) is 2.47. The van der Waals surface area contributed by atoms with Crippen LogP contribution < -0.4 is 0 Å². The quantitative estimate of drug-likeness (QED) is 0.750. The topological polar surface area (TPSA) is 3.24 Å². The van der Waals surface area contributed by atoms with Gasteiger partial charge in [-0.2, -0.15) is 0 Å². The van der Waals surface area contributed by atoms with Crippen molar-refractivity contribution >= 4 is 15.9 Å². The Bertz CT molecular complexity index is 431. The molecule has 1 nitrogen and oxygen atoms in total. The molecule has 0 bridgehead atoms. The van der Waals surface area contributed by atoms with Crippen molar-refractivity contribution in [3.63, 3.8) is 0 Å². The molecule has 1 heterocycles. The van der Waals surface area contributed by atoms with Crippen molar-refractivity contribution in [2.24, 2.45) is 11.3 Å². The van der Waals surface area contributed by atoms with Crippen molar-refractivity contribution in [1.29, 1.82) is 0 Å². The first kappa shape index (κ1) is 15.0. The Balaban J connectivity index is 1.92. The average molecular weight is 328 g/mol. The monoisotopic (exact) mass is 327 g/mol. The normalized spacial score (nSPS) is 18.8. The van der Waals surface area contributed by atoms with Crippen LogP contribution in [0.5, 0.6) is 0 Å². The van der Waals surface area contributed by atoms with E-state index in [2.05, 4.69) is 41.6 Å². The van der Waals surface area contributed by atoms with Gasteiger partial charge in [-0.05, 0) is 55.0 Å². The predicted molar refractivity (Wildman–Crippen MR) is 81.6 cm³/mol. The third-order valence-corrected chi connectivity index (χ3v) is 4.96. The Morgan fingerprint density at radius 3 is 2.42 bits per heavy atom. The lowest BCUT2D eigenvalue weighted by molar-refractivity contribution is 0.108. The number of hydrogen-bond donors (Lipinski definition) is 0. The molecule has 0 aromatic heterocycles. The molecular formula is C16H23BrFN. The molecule has 0 aliphatic carbocycles. The Labute approximate surface area is 124 Å². The highest BCUT2D eigenvalue weighted by atomic mass is 79.9. The molecule has 1 saturated heterocycles. The first-order valence-electron chi connectivity index (χ1n) is 7.02. The van der Waals surface area contributed by atoms with E-state index >= 15 is 0 Å². The minimum absolute atomic E-state index is 0.179. The Kier molecular flexibility index (Phi) is 4.67. The average Bonchev–Trinajstić information content (AvgIpc) is 2.32. The lowest BCUT2D eigenvalue weighted by Crippen LogP contribution is -2.37. The van der Waals surface area contributed by atoms with Crippen LogP contribution in [-0.2, 0) is 6.54 Å². The number of benzene rings is 1. The third kappa shape index (κ3) is 4.03. The molecular weight excluding hydrogens is 305 g/mol. The zero-order valence-corrected chi connectivity index (χ0v) is 13.6. The van der Waals surface area contributed by atoms with Crippen molar-refractivity contribution in [2.75, 3.05) is 13.1 Å². The molecule has 2 rings (SSSR count). The largest absolute Gasteiger partial charge is 0.299 e. The fourth-order valence-electron chi connectivity index (χ4n) is 2.85. The summed E-state index contributed by atoms with van der Waals surface area (Å²) in [7, 11) is 0. The Morgan fingerprint density at radius 2 is 1.89 bits per heavy atom. The van der Waals surface area contributed by atoms with E-state index in [1.165, 1.54) is 18.4 Å². The van der Waals surface area contributed by atoms with E-state index in [1.54, 1.807) is 12.1 Å². The summed E-state index contributed by atoms with van der Waals surface area (Å²) >= 11 is 3.45. The number of piperidine rings is 1. The smallest absolute Gasteiger partial charge is 0.124 e. The van der Waals surface area contributed by atoms with Gasteiger partial charge in [0.15, 0.2) is 0 Å². The fraction of sp³-hybridized carbons (Fsp3) is 0.625. The van der Waals surface area contributed by atoms with Crippen LogP contribution in [0.4, 0.5) is 4.39 Å². The summed E-state index contributed by atoms with van der Waals surface area (Å²) in [5, 5.41) is 0. The maximum absolute atomic E-state index is 13.1. The van der Waals surface area contributed by atoms with Crippen LogP contribution >= 0.6 is 15.9 Å². The molecule has 106 valence electrons. The summed E-state index contributed by atoms with van der Waals surface area (Å²) in [5.74, 6) is 0.641. The summed E-state index contributed by atoms with van der Waals surface area (Å²) in [6.45, 7) is 10.2. The van der Waals surface area contributed by atoms with Gasteiger partial charge in [-0.15, -0.1) is 0 Å². The van der Waals surface area contributed by atoms with E-state index in [9.17, 15) is 4.39 Å². The third-order valence-electron chi connectivity index (χ3n) is 4.22. The van der Waals surface area contributed by atoms with Crippen molar-refractivity contribution in [1.82, 2.24) is 4.90 Å². The Morgan fingerprint density at radius 1 is 1.26 bits per heavy atom. The van der Waals surface area contributed by atoms with E-state index in [-0.39, 0.29) is 5.82 Å². The van der Waals surface area contributed by atoms with Crippen LogP contribution in [0.15, 0.2) is 22.7 Å². The van der Waals surface area contributed by atoms with Gasteiger partial charge in [0.05, 0.1) is 0 Å². The maximum atomic E-state index is 13.1. The van der Waals surface area contributed by atoms with Crippen molar-refractivity contribution in [3.05, 3.63) is 34.1 Å². The molecule has 3 heteroatoms. The molecule has 1 fully saturated rings. The van der Waals surface area contributed by atoms with Crippen LogP contribution in [0.1, 0.15) is 39.2 Å². The van der Waals surface area contributed by atoms with E-state index in [0.717, 1.165) is 30.0 Å². The molecule has 0 saturated carbocycles. The lowest BCUT2D eigenvalue weighted by Gasteiger charge is -2.38. The SMILES string of the molecule is CC(C)(C)C1CCN(Cc2ccc(F)cc2Br)CC1. The lowest BCUT2D eigenvalue weighted by atomic mass is 9.75. The molecule has 0 N–H and O–H groups in total. The molecule has 1 aliphatic rings. The van der Waals surface area contributed by atoms with Crippen molar-refractivity contribution in [2.45, 2.75) is 40.2 Å². The Hall–Kier alpha value is -0.410. The molecule has 19 heavy (non-hydrogen) atoms. The van der Waals surface area contributed by atoms with E-state index in [0.29, 0.717) is 5.41 Å². The summed E-state index contributed by atoms with van der Waals surface area (Å²) in [6, 6.07) is 4.98. The number of hydrogen-bond acceptors (Lipinski definition) is 1. The van der Waals surface area contributed by atoms with Gasteiger partial charge in [0.25, 0.3) is 0 Å². The minimum Gasteiger partial charge on any atom is -0.299 e. The number of likely N-dealkylation sites (tertiary alicyclic amines) is 1. The molecule has 0 radical (unpaired) electrons. The summed E-state index contributed by atoms with van der Waals surface area (Å²) < 4.78 is 13.9.